The van der Waals surface area contributed by atoms with Crippen LogP contribution in [0, 0.1) is 0 Å². The van der Waals surface area contributed by atoms with Crippen LogP contribution in [-0.4, -0.2) is 53.8 Å². The maximum atomic E-state index is 11.7. The Morgan fingerprint density at radius 1 is 1.53 bits per heavy atom. The third-order valence-corrected chi connectivity index (χ3v) is 3.26. The van der Waals surface area contributed by atoms with E-state index in [4.69, 9.17) is 5.11 Å². The van der Waals surface area contributed by atoms with Gasteiger partial charge in [-0.2, -0.15) is 11.8 Å². The molecule has 0 saturated carbocycles. The fraction of sp³-hybridized carbons (Fsp3) is 0.900. The predicted molar refractivity (Wildman–Crippen MR) is 63.2 cm³/mol. The summed E-state index contributed by atoms with van der Waals surface area (Å²) < 4.78 is 0. The van der Waals surface area contributed by atoms with Crippen molar-refractivity contribution in [2.24, 2.45) is 0 Å². The molecule has 0 unspecified atom stereocenters. The average Bonchev–Trinajstić information content (AvgIpc) is 2.77. The zero-order chi connectivity index (χ0) is 11.1. The van der Waals surface area contributed by atoms with Gasteiger partial charge in [-0.25, -0.2) is 4.79 Å². The second-order valence-corrected chi connectivity index (χ2v) is 4.79. The second kappa shape index (κ2) is 6.95. The zero-order valence-electron chi connectivity index (χ0n) is 9.24. The molecule has 0 radical (unpaired) electrons. The Morgan fingerprint density at radius 2 is 2.20 bits per heavy atom. The van der Waals surface area contributed by atoms with E-state index in [1.165, 1.54) is 0 Å². The van der Waals surface area contributed by atoms with Gasteiger partial charge in [0.1, 0.15) is 0 Å². The summed E-state index contributed by atoms with van der Waals surface area (Å²) in [6.45, 7) is 1.74. The van der Waals surface area contributed by atoms with Crippen molar-refractivity contribution in [3.05, 3.63) is 0 Å². The van der Waals surface area contributed by atoms with Crippen molar-refractivity contribution < 1.29 is 9.90 Å². The van der Waals surface area contributed by atoms with Crippen LogP contribution in [0.15, 0.2) is 0 Å². The van der Waals surface area contributed by atoms with E-state index in [0.717, 1.165) is 38.1 Å². The van der Waals surface area contributed by atoms with Crippen LogP contribution in [0.5, 0.6) is 0 Å². The van der Waals surface area contributed by atoms with Gasteiger partial charge in [0, 0.05) is 13.1 Å². The quantitative estimate of drug-likeness (QED) is 0.740. The van der Waals surface area contributed by atoms with Gasteiger partial charge < -0.3 is 15.3 Å². The first kappa shape index (κ1) is 12.6. The summed E-state index contributed by atoms with van der Waals surface area (Å²) in [4.78, 5) is 13.5. The molecule has 0 aliphatic carbocycles. The Hall–Kier alpha value is -0.420. The van der Waals surface area contributed by atoms with Gasteiger partial charge >= 0.3 is 6.03 Å². The number of hydrogen-bond donors (Lipinski definition) is 2. The van der Waals surface area contributed by atoms with E-state index in [1.54, 1.807) is 11.8 Å². The van der Waals surface area contributed by atoms with Gasteiger partial charge in [-0.1, -0.05) is 0 Å². The lowest BCUT2D eigenvalue weighted by Crippen LogP contribution is -2.45. The fourth-order valence-corrected chi connectivity index (χ4v) is 2.18. The standard InChI is InChI=1S/C10H20N2O2S/c1-15-7-4-9(8-13)11-10(14)12-5-2-3-6-12/h9,13H,2-8H2,1H3,(H,11,14)/t9-/m0/s1. The van der Waals surface area contributed by atoms with Crippen molar-refractivity contribution in [2.75, 3.05) is 31.7 Å². The van der Waals surface area contributed by atoms with Gasteiger partial charge in [0.15, 0.2) is 0 Å². The molecule has 1 rings (SSSR count). The summed E-state index contributed by atoms with van der Waals surface area (Å²) in [5.74, 6) is 0.964. The van der Waals surface area contributed by atoms with Crippen LogP contribution in [0.25, 0.3) is 0 Å². The number of aliphatic hydroxyl groups is 1. The van der Waals surface area contributed by atoms with Crippen molar-refractivity contribution in [3.63, 3.8) is 0 Å². The Morgan fingerprint density at radius 3 is 2.73 bits per heavy atom. The summed E-state index contributed by atoms with van der Waals surface area (Å²) >= 11 is 1.73. The van der Waals surface area contributed by atoms with Crippen molar-refractivity contribution in [2.45, 2.75) is 25.3 Å². The van der Waals surface area contributed by atoms with Crippen LogP contribution in [0.4, 0.5) is 4.79 Å². The number of carbonyl (C=O) groups excluding carboxylic acids is 1. The molecule has 1 fully saturated rings. The Bertz CT molecular complexity index is 196. The van der Waals surface area contributed by atoms with Gasteiger partial charge in [-0.15, -0.1) is 0 Å². The molecule has 0 bridgehead atoms. The molecule has 1 atom stereocenters. The van der Waals surface area contributed by atoms with Gasteiger partial charge in [0.05, 0.1) is 12.6 Å². The number of thioether (sulfide) groups is 1. The molecular formula is C10H20N2O2S. The number of nitrogens with zero attached hydrogens (tertiary/aromatic N) is 1. The average molecular weight is 232 g/mol. The third kappa shape index (κ3) is 4.30. The molecule has 88 valence electrons. The summed E-state index contributed by atoms with van der Waals surface area (Å²) in [6.07, 6.45) is 5.05. The van der Waals surface area contributed by atoms with Gasteiger partial charge in [0.25, 0.3) is 0 Å². The normalized spacial score (nSPS) is 17.9. The topological polar surface area (TPSA) is 52.6 Å². The number of aliphatic hydroxyl groups excluding tert-OH is 1. The first-order valence-corrected chi connectivity index (χ1v) is 6.82. The lowest BCUT2D eigenvalue weighted by Gasteiger charge is -2.21. The van der Waals surface area contributed by atoms with Gasteiger partial charge in [-0.3, -0.25) is 0 Å². The van der Waals surface area contributed by atoms with Crippen LogP contribution in [-0.2, 0) is 0 Å². The lowest BCUT2D eigenvalue weighted by atomic mass is 10.2. The van der Waals surface area contributed by atoms with Crippen LogP contribution >= 0.6 is 11.8 Å². The van der Waals surface area contributed by atoms with Crippen molar-refractivity contribution in [1.29, 1.82) is 0 Å². The highest BCUT2D eigenvalue weighted by atomic mass is 32.2. The van der Waals surface area contributed by atoms with Crippen LogP contribution < -0.4 is 5.32 Å². The monoisotopic (exact) mass is 232 g/mol. The predicted octanol–water partition coefficient (Wildman–Crippen LogP) is 0.906. The molecule has 2 N–H and O–H groups in total. The smallest absolute Gasteiger partial charge is 0.317 e. The van der Waals surface area contributed by atoms with Crippen molar-refractivity contribution >= 4 is 17.8 Å². The number of amides is 2. The van der Waals surface area contributed by atoms with Gasteiger partial charge in [0.2, 0.25) is 0 Å². The maximum Gasteiger partial charge on any atom is 0.317 e. The molecule has 0 aromatic carbocycles. The minimum atomic E-state index is -0.0921. The summed E-state index contributed by atoms with van der Waals surface area (Å²) in [7, 11) is 0. The highest BCUT2D eigenvalue weighted by Gasteiger charge is 2.20. The van der Waals surface area contributed by atoms with Crippen molar-refractivity contribution in [3.8, 4) is 0 Å². The summed E-state index contributed by atoms with van der Waals surface area (Å²) in [5.41, 5.74) is 0. The van der Waals surface area contributed by atoms with Crippen LogP contribution in [0.1, 0.15) is 19.3 Å². The minimum Gasteiger partial charge on any atom is -0.394 e. The third-order valence-electron chi connectivity index (χ3n) is 2.61. The number of rotatable bonds is 5. The second-order valence-electron chi connectivity index (χ2n) is 3.80. The van der Waals surface area contributed by atoms with E-state index in [-0.39, 0.29) is 18.7 Å². The van der Waals surface area contributed by atoms with Crippen LogP contribution in [0.3, 0.4) is 0 Å². The SMILES string of the molecule is CSCC[C@@H](CO)NC(=O)N1CCCC1. The molecule has 15 heavy (non-hydrogen) atoms. The van der Waals surface area contributed by atoms with Crippen LogP contribution in [0.2, 0.25) is 0 Å². The molecule has 0 aromatic rings. The minimum absolute atomic E-state index is 0.0207. The Balaban J connectivity index is 2.26. The fourth-order valence-electron chi connectivity index (χ4n) is 1.66. The number of nitrogens with one attached hydrogen (secondary N) is 1. The molecule has 0 spiro atoms. The molecule has 1 saturated heterocycles. The molecule has 1 heterocycles. The first-order valence-electron chi connectivity index (χ1n) is 5.43. The number of urea groups is 1. The van der Waals surface area contributed by atoms with E-state index in [1.807, 2.05) is 11.2 Å². The molecule has 2 amide bonds. The highest BCUT2D eigenvalue weighted by molar-refractivity contribution is 7.98. The maximum absolute atomic E-state index is 11.7. The van der Waals surface area contributed by atoms with E-state index in [0.29, 0.717) is 0 Å². The molecule has 1 aliphatic rings. The Kier molecular flexibility index (Phi) is 5.86. The molecule has 0 aromatic heterocycles. The van der Waals surface area contributed by atoms with Crippen molar-refractivity contribution in [1.82, 2.24) is 10.2 Å². The van der Waals surface area contributed by atoms with E-state index < -0.39 is 0 Å². The first-order chi connectivity index (χ1) is 7.27. The van der Waals surface area contributed by atoms with E-state index in [2.05, 4.69) is 5.32 Å². The summed E-state index contributed by atoms with van der Waals surface area (Å²) in [5, 5.41) is 12.0. The van der Waals surface area contributed by atoms with Gasteiger partial charge in [-0.05, 0) is 31.3 Å². The zero-order valence-corrected chi connectivity index (χ0v) is 10.1. The largest absolute Gasteiger partial charge is 0.394 e. The molecular weight excluding hydrogens is 212 g/mol. The lowest BCUT2D eigenvalue weighted by molar-refractivity contribution is 0.189. The van der Waals surface area contributed by atoms with E-state index >= 15 is 0 Å². The van der Waals surface area contributed by atoms with E-state index in [9.17, 15) is 4.79 Å². The molecule has 4 nitrogen and oxygen atoms in total. The number of carbonyl (C=O) groups is 1. The molecule has 5 heteroatoms. The summed E-state index contributed by atoms with van der Waals surface area (Å²) in [6, 6.07) is -0.113. The highest BCUT2D eigenvalue weighted by Crippen LogP contribution is 2.08. The Labute approximate surface area is 95.4 Å². The number of likely N-dealkylation sites (tertiary alicyclic amines) is 1. The molecule has 1 aliphatic heterocycles. The number of hydrogen-bond acceptors (Lipinski definition) is 3.